The van der Waals surface area contributed by atoms with Gasteiger partial charge in [0, 0.05) is 0 Å². The van der Waals surface area contributed by atoms with E-state index in [1.165, 1.54) is 0 Å². The van der Waals surface area contributed by atoms with Crippen molar-refractivity contribution in [2.75, 3.05) is 0 Å². The van der Waals surface area contributed by atoms with E-state index in [4.69, 9.17) is 0 Å². The third-order valence-corrected chi connectivity index (χ3v) is 1.02. The van der Waals surface area contributed by atoms with E-state index in [9.17, 15) is 0 Å². The number of hydrazone groups is 2. The Kier molecular flexibility index (Phi) is 1.15. The summed E-state index contributed by atoms with van der Waals surface area (Å²) in [6.07, 6.45) is 0. The molecule has 0 aliphatic carbocycles. The van der Waals surface area contributed by atoms with Crippen LogP contribution < -0.4 is 11.1 Å². The molecule has 0 atom stereocenters. The van der Waals surface area contributed by atoms with Crippen LogP contribution in [0.3, 0.4) is 0 Å². The lowest BCUT2D eigenvalue weighted by molar-refractivity contribution is 0.578. The number of hydrazine groups is 1. The van der Waals surface area contributed by atoms with E-state index < -0.39 is 0 Å². The predicted molar refractivity (Wildman–Crippen MR) is 32.5 cm³/mol. The third kappa shape index (κ3) is 0.776. The molecule has 2 N–H and O–H groups in total. The average Bonchev–Trinajstić information content (AvgIpc) is 1.77. The van der Waals surface area contributed by atoms with Gasteiger partial charge in [-0.15, -0.1) is 0 Å². The van der Waals surface area contributed by atoms with E-state index in [2.05, 4.69) is 21.3 Å². The zero-order chi connectivity index (χ0) is 5.98. The van der Waals surface area contributed by atoms with E-state index in [1.54, 1.807) is 0 Å². The molecule has 44 valence electrons. The van der Waals surface area contributed by atoms with Crippen LogP contribution in [0.5, 0.6) is 0 Å². The van der Waals surface area contributed by atoms with Crippen molar-refractivity contribution < 1.29 is 0 Å². The summed E-state index contributed by atoms with van der Waals surface area (Å²) < 4.78 is 0. The Labute approximate surface area is 47.6 Å². The lowest BCUT2D eigenvalue weighted by Crippen LogP contribution is -2.30. The molecule has 0 spiro atoms. The van der Waals surface area contributed by atoms with Gasteiger partial charge in [0.2, 0.25) is 0 Å². The van der Waals surface area contributed by atoms with Gasteiger partial charge in [-0.1, -0.05) is 0 Å². The summed E-state index contributed by atoms with van der Waals surface area (Å²) in [6, 6.07) is 0. The second-order valence-corrected chi connectivity index (χ2v) is 1.62. The first-order chi connectivity index (χ1) is 3.80. The smallest absolute Gasteiger partial charge is 0.0822 e. The molecule has 0 fully saturated rings. The Morgan fingerprint density at radius 2 is 1.38 bits per heavy atom. The topological polar surface area (TPSA) is 48.8 Å². The largest absolute Gasteiger partial charge is 0.205 e. The summed E-state index contributed by atoms with van der Waals surface area (Å²) in [6.45, 7) is 3.79. The Morgan fingerprint density at radius 1 is 1.00 bits per heavy atom. The molecule has 0 aromatic heterocycles. The van der Waals surface area contributed by atoms with Gasteiger partial charge in [0.05, 0.1) is 11.4 Å². The van der Waals surface area contributed by atoms with Crippen LogP contribution in [0.1, 0.15) is 13.8 Å². The summed E-state index contributed by atoms with van der Waals surface area (Å²) in [7, 11) is 0. The average molecular weight is 112 g/mol. The van der Waals surface area contributed by atoms with Crippen molar-refractivity contribution in [3.05, 3.63) is 0 Å². The zero-order valence-corrected chi connectivity index (χ0v) is 4.89. The van der Waals surface area contributed by atoms with E-state index in [0.29, 0.717) is 0 Å². The molecule has 4 heteroatoms. The molecule has 8 heavy (non-hydrogen) atoms. The van der Waals surface area contributed by atoms with Gasteiger partial charge in [0.1, 0.15) is 0 Å². The lowest BCUT2D eigenvalue weighted by Gasteiger charge is -2.07. The normalized spacial score (nSPS) is 17.8. The minimum absolute atomic E-state index is 0.920. The van der Waals surface area contributed by atoms with Gasteiger partial charge in [0.15, 0.2) is 0 Å². The van der Waals surface area contributed by atoms with Crippen molar-refractivity contribution in [1.29, 1.82) is 0 Å². The Morgan fingerprint density at radius 3 is 1.62 bits per heavy atom. The van der Waals surface area contributed by atoms with Crippen LogP contribution in [0.2, 0.25) is 0 Å². The van der Waals surface area contributed by atoms with Crippen molar-refractivity contribution in [1.82, 2.24) is 11.1 Å². The maximum absolute atomic E-state index is 3.84. The second kappa shape index (κ2) is 1.81. The number of nitrogens with one attached hydrogen (secondary N) is 2. The molecule has 0 bridgehead atoms. The second-order valence-electron chi connectivity index (χ2n) is 1.62. The molecular weight excluding hydrogens is 104 g/mol. The van der Waals surface area contributed by atoms with Crippen LogP contribution in [0.25, 0.3) is 0 Å². The number of hydrogen-bond acceptors (Lipinski definition) is 4. The van der Waals surface area contributed by atoms with E-state index in [1.807, 2.05) is 13.8 Å². The van der Waals surface area contributed by atoms with Gasteiger partial charge in [-0.2, -0.15) is 10.2 Å². The number of hydrogen-bond donors (Lipinski definition) is 2. The quantitative estimate of drug-likeness (QED) is 0.457. The molecule has 0 saturated heterocycles. The first-order valence-electron chi connectivity index (χ1n) is 2.39. The Bertz CT molecular complexity index is 128. The van der Waals surface area contributed by atoms with Crippen molar-refractivity contribution in [3.63, 3.8) is 0 Å². The lowest BCUT2D eigenvalue weighted by atomic mass is 10.3. The van der Waals surface area contributed by atoms with Gasteiger partial charge >= 0.3 is 0 Å². The molecule has 1 aliphatic heterocycles. The standard InChI is InChI=1S/C4H8N4/c1-3-4(2)6-8-7-5-3/h7-8H,1-2H3. The van der Waals surface area contributed by atoms with Gasteiger partial charge in [-0.05, 0) is 13.8 Å². The van der Waals surface area contributed by atoms with Gasteiger partial charge in [-0.3, -0.25) is 0 Å². The fourth-order valence-electron chi connectivity index (χ4n) is 0.380. The summed E-state index contributed by atoms with van der Waals surface area (Å²) >= 11 is 0. The first kappa shape index (κ1) is 5.08. The van der Waals surface area contributed by atoms with Crippen molar-refractivity contribution in [2.24, 2.45) is 10.2 Å². The summed E-state index contributed by atoms with van der Waals surface area (Å²) in [5.41, 5.74) is 6.87. The Balaban J connectivity index is 2.73. The molecule has 1 aliphatic rings. The highest BCUT2D eigenvalue weighted by molar-refractivity contribution is 6.40. The van der Waals surface area contributed by atoms with E-state index >= 15 is 0 Å². The summed E-state index contributed by atoms with van der Waals surface area (Å²) in [4.78, 5) is 0. The number of nitrogens with zero attached hydrogens (tertiary/aromatic N) is 2. The summed E-state index contributed by atoms with van der Waals surface area (Å²) in [5, 5.41) is 7.67. The van der Waals surface area contributed by atoms with E-state index in [0.717, 1.165) is 11.4 Å². The minimum atomic E-state index is 0.920. The molecule has 1 heterocycles. The van der Waals surface area contributed by atoms with Crippen molar-refractivity contribution in [3.8, 4) is 0 Å². The molecule has 0 unspecified atom stereocenters. The highest BCUT2D eigenvalue weighted by atomic mass is 15.7. The van der Waals surface area contributed by atoms with Crippen molar-refractivity contribution >= 4 is 11.4 Å². The van der Waals surface area contributed by atoms with Crippen LogP contribution in [0, 0.1) is 0 Å². The maximum atomic E-state index is 3.84. The molecule has 0 radical (unpaired) electrons. The van der Waals surface area contributed by atoms with Crippen LogP contribution in [0.15, 0.2) is 10.2 Å². The fourth-order valence-corrected chi connectivity index (χ4v) is 0.380. The van der Waals surface area contributed by atoms with Gasteiger partial charge in [0.25, 0.3) is 0 Å². The number of rotatable bonds is 0. The monoisotopic (exact) mass is 112 g/mol. The predicted octanol–water partition coefficient (Wildman–Crippen LogP) is -0.154. The zero-order valence-electron chi connectivity index (χ0n) is 4.89. The minimum Gasteiger partial charge on any atom is -0.205 e. The first-order valence-corrected chi connectivity index (χ1v) is 2.39. The molecule has 0 aromatic rings. The van der Waals surface area contributed by atoms with E-state index in [-0.39, 0.29) is 0 Å². The maximum Gasteiger partial charge on any atom is 0.0822 e. The SMILES string of the molecule is CC1=NNNN=C1C. The van der Waals surface area contributed by atoms with Gasteiger partial charge < -0.3 is 0 Å². The molecule has 1 rings (SSSR count). The highest BCUT2D eigenvalue weighted by Crippen LogP contribution is 1.83. The molecular formula is C4H8N4. The highest BCUT2D eigenvalue weighted by Gasteiger charge is 1.98. The third-order valence-electron chi connectivity index (χ3n) is 1.02. The fraction of sp³-hybridized carbons (Fsp3) is 0.500. The molecule has 0 saturated carbocycles. The van der Waals surface area contributed by atoms with Crippen LogP contribution in [-0.4, -0.2) is 11.4 Å². The van der Waals surface area contributed by atoms with Crippen LogP contribution in [-0.2, 0) is 0 Å². The van der Waals surface area contributed by atoms with Crippen molar-refractivity contribution in [2.45, 2.75) is 13.8 Å². The summed E-state index contributed by atoms with van der Waals surface area (Å²) in [5.74, 6) is 0. The molecule has 0 amide bonds. The Hall–Kier alpha value is -1.06. The van der Waals surface area contributed by atoms with Crippen LogP contribution in [0.4, 0.5) is 0 Å². The van der Waals surface area contributed by atoms with Crippen LogP contribution >= 0.6 is 0 Å². The molecule has 4 nitrogen and oxygen atoms in total. The van der Waals surface area contributed by atoms with Gasteiger partial charge in [-0.25, -0.2) is 11.1 Å². The molecule has 0 aromatic carbocycles.